The van der Waals surface area contributed by atoms with Crippen LogP contribution in [0.2, 0.25) is 0 Å². The summed E-state index contributed by atoms with van der Waals surface area (Å²) in [7, 11) is 0. The first kappa shape index (κ1) is 12.8. The number of carbonyl (C=O) groups excluding carboxylic acids is 1. The molecule has 104 valence electrons. The van der Waals surface area contributed by atoms with E-state index in [1.165, 1.54) is 0 Å². The van der Waals surface area contributed by atoms with Crippen LogP contribution in [0, 0.1) is 0 Å². The molecule has 0 bridgehead atoms. The maximum absolute atomic E-state index is 12.2. The van der Waals surface area contributed by atoms with Crippen LogP contribution >= 0.6 is 0 Å². The Morgan fingerprint density at radius 3 is 2.75 bits per heavy atom. The highest BCUT2D eigenvalue weighted by molar-refractivity contribution is 5.78. The number of hydrogen-bond donors (Lipinski definition) is 0. The quantitative estimate of drug-likeness (QED) is 0.852. The molecule has 0 spiro atoms. The minimum Gasteiger partial charge on any atom is -0.342 e. The average Bonchev–Trinajstić information content (AvgIpc) is 3.03. The summed E-state index contributed by atoms with van der Waals surface area (Å²) in [4.78, 5) is 18.2. The van der Waals surface area contributed by atoms with Gasteiger partial charge in [0.1, 0.15) is 0 Å². The van der Waals surface area contributed by atoms with Crippen molar-refractivity contribution in [1.29, 1.82) is 0 Å². The van der Waals surface area contributed by atoms with E-state index in [0.717, 1.165) is 31.5 Å². The lowest BCUT2D eigenvalue weighted by molar-refractivity contribution is -0.131. The van der Waals surface area contributed by atoms with Gasteiger partial charge in [0.2, 0.25) is 5.91 Å². The van der Waals surface area contributed by atoms with Crippen molar-refractivity contribution in [3.63, 3.8) is 0 Å². The Hall–Kier alpha value is -2.17. The SMILES string of the molecule is O=C(Cc1cccnc1)N1CCC(n2cccn2)CC1. The zero-order valence-corrected chi connectivity index (χ0v) is 11.4. The van der Waals surface area contributed by atoms with Crippen LogP contribution in [-0.2, 0) is 11.2 Å². The minimum absolute atomic E-state index is 0.192. The van der Waals surface area contributed by atoms with Gasteiger partial charge in [-0.1, -0.05) is 6.07 Å². The molecule has 0 atom stereocenters. The molecule has 3 heterocycles. The summed E-state index contributed by atoms with van der Waals surface area (Å²) in [6.07, 6.45) is 9.68. The molecule has 5 heteroatoms. The van der Waals surface area contributed by atoms with E-state index >= 15 is 0 Å². The molecule has 0 aromatic carbocycles. The molecular formula is C15H18N4O. The second kappa shape index (κ2) is 5.86. The Morgan fingerprint density at radius 2 is 2.10 bits per heavy atom. The fraction of sp³-hybridized carbons (Fsp3) is 0.400. The lowest BCUT2D eigenvalue weighted by Crippen LogP contribution is -2.39. The molecular weight excluding hydrogens is 252 g/mol. The van der Waals surface area contributed by atoms with Crippen LogP contribution in [0.25, 0.3) is 0 Å². The third kappa shape index (κ3) is 2.87. The highest BCUT2D eigenvalue weighted by Gasteiger charge is 2.23. The molecule has 0 radical (unpaired) electrons. The van der Waals surface area contributed by atoms with Gasteiger partial charge in [0.15, 0.2) is 0 Å². The predicted molar refractivity (Wildman–Crippen MR) is 75.0 cm³/mol. The van der Waals surface area contributed by atoms with E-state index in [4.69, 9.17) is 0 Å². The highest BCUT2D eigenvalue weighted by atomic mass is 16.2. The van der Waals surface area contributed by atoms with E-state index in [2.05, 4.69) is 10.1 Å². The van der Waals surface area contributed by atoms with Gasteiger partial charge in [-0.25, -0.2) is 0 Å². The number of likely N-dealkylation sites (tertiary alicyclic amines) is 1. The fourth-order valence-corrected chi connectivity index (χ4v) is 2.67. The van der Waals surface area contributed by atoms with Gasteiger partial charge in [0.05, 0.1) is 12.5 Å². The van der Waals surface area contributed by atoms with Crippen LogP contribution in [0.4, 0.5) is 0 Å². The molecule has 20 heavy (non-hydrogen) atoms. The first-order valence-corrected chi connectivity index (χ1v) is 6.99. The average molecular weight is 270 g/mol. The van der Waals surface area contributed by atoms with Crippen LogP contribution in [0.15, 0.2) is 43.0 Å². The first-order valence-electron chi connectivity index (χ1n) is 6.99. The number of pyridine rings is 1. The van der Waals surface area contributed by atoms with Crippen molar-refractivity contribution in [3.05, 3.63) is 48.5 Å². The molecule has 0 unspecified atom stereocenters. The van der Waals surface area contributed by atoms with Crippen LogP contribution in [0.5, 0.6) is 0 Å². The monoisotopic (exact) mass is 270 g/mol. The Bertz CT molecular complexity index is 545. The first-order chi connectivity index (χ1) is 9.83. The van der Waals surface area contributed by atoms with E-state index in [-0.39, 0.29) is 5.91 Å². The normalized spacial score (nSPS) is 16.3. The molecule has 1 aliphatic heterocycles. The topological polar surface area (TPSA) is 51.0 Å². The molecule has 1 fully saturated rings. The van der Waals surface area contributed by atoms with Gasteiger partial charge in [-0.2, -0.15) is 5.10 Å². The van der Waals surface area contributed by atoms with Crippen molar-refractivity contribution in [1.82, 2.24) is 19.7 Å². The van der Waals surface area contributed by atoms with Gasteiger partial charge in [-0.3, -0.25) is 14.5 Å². The molecule has 2 aromatic heterocycles. The van der Waals surface area contributed by atoms with E-state index in [9.17, 15) is 4.79 Å². The Morgan fingerprint density at radius 1 is 1.25 bits per heavy atom. The lowest BCUT2D eigenvalue weighted by atomic mass is 10.0. The van der Waals surface area contributed by atoms with Crippen molar-refractivity contribution in [2.75, 3.05) is 13.1 Å². The number of carbonyl (C=O) groups is 1. The number of piperidine rings is 1. The maximum Gasteiger partial charge on any atom is 0.227 e. The molecule has 1 saturated heterocycles. The van der Waals surface area contributed by atoms with Gasteiger partial charge in [-0.15, -0.1) is 0 Å². The van der Waals surface area contributed by atoms with Crippen molar-refractivity contribution in [2.24, 2.45) is 0 Å². The maximum atomic E-state index is 12.2. The smallest absolute Gasteiger partial charge is 0.227 e. The zero-order chi connectivity index (χ0) is 13.8. The molecule has 0 saturated carbocycles. The molecule has 3 rings (SSSR count). The summed E-state index contributed by atoms with van der Waals surface area (Å²) < 4.78 is 2.00. The van der Waals surface area contributed by atoms with Crippen LogP contribution in [0.1, 0.15) is 24.4 Å². The van der Waals surface area contributed by atoms with Crippen molar-refractivity contribution < 1.29 is 4.79 Å². The number of rotatable bonds is 3. The summed E-state index contributed by atoms with van der Waals surface area (Å²) >= 11 is 0. The zero-order valence-electron chi connectivity index (χ0n) is 11.4. The van der Waals surface area contributed by atoms with Gasteiger partial charge < -0.3 is 4.90 Å². The van der Waals surface area contributed by atoms with E-state index in [1.807, 2.05) is 34.0 Å². The summed E-state index contributed by atoms with van der Waals surface area (Å²) in [5.74, 6) is 0.192. The molecule has 1 amide bonds. The van der Waals surface area contributed by atoms with Gasteiger partial charge >= 0.3 is 0 Å². The van der Waals surface area contributed by atoms with E-state index < -0.39 is 0 Å². The second-order valence-corrected chi connectivity index (χ2v) is 5.14. The summed E-state index contributed by atoms with van der Waals surface area (Å²) in [6.45, 7) is 1.62. The summed E-state index contributed by atoms with van der Waals surface area (Å²) in [5.41, 5.74) is 0.978. The molecule has 0 N–H and O–H groups in total. The summed E-state index contributed by atoms with van der Waals surface area (Å²) in [6, 6.07) is 6.18. The van der Waals surface area contributed by atoms with Gasteiger partial charge in [0, 0.05) is 37.9 Å². The number of hydrogen-bond acceptors (Lipinski definition) is 3. The van der Waals surface area contributed by atoms with Crippen LogP contribution in [0.3, 0.4) is 0 Å². The summed E-state index contributed by atoms with van der Waals surface area (Å²) in [5, 5.41) is 4.28. The van der Waals surface area contributed by atoms with E-state index in [1.54, 1.807) is 18.6 Å². The van der Waals surface area contributed by atoms with Gasteiger partial charge in [0.25, 0.3) is 0 Å². The number of nitrogens with zero attached hydrogens (tertiary/aromatic N) is 4. The van der Waals surface area contributed by atoms with Crippen LogP contribution in [-0.4, -0.2) is 38.7 Å². The molecule has 5 nitrogen and oxygen atoms in total. The van der Waals surface area contributed by atoms with E-state index in [0.29, 0.717) is 12.5 Å². The largest absolute Gasteiger partial charge is 0.342 e. The number of aromatic nitrogens is 3. The van der Waals surface area contributed by atoms with Crippen molar-refractivity contribution in [2.45, 2.75) is 25.3 Å². The Balaban J connectivity index is 1.54. The van der Waals surface area contributed by atoms with Crippen molar-refractivity contribution >= 4 is 5.91 Å². The van der Waals surface area contributed by atoms with Crippen molar-refractivity contribution in [3.8, 4) is 0 Å². The predicted octanol–water partition coefficient (Wildman–Crippen LogP) is 1.68. The Kier molecular flexibility index (Phi) is 3.76. The van der Waals surface area contributed by atoms with Gasteiger partial charge in [-0.05, 0) is 30.5 Å². The third-order valence-electron chi connectivity index (χ3n) is 3.79. The minimum atomic E-state index is 0.192. The molecule has 2 aromatic rings. The molecule has 1 aliphatic rings. The third-order valence-corrected chi connectivity index (χ3v) is 3.79. The van der Waals surface area contributed by atoms with Crippen LogP contribution < -0.4 is 0 Å². The fourth-order valence-electron chi connectivity index (χ4n) is 2.67. The standard InChI is InChI=1S/C15H18N4O/c20-15(11-13-3-1-6-16-12-13)18-9-4-14(5-10-18)19-8-2-7-17-19/h1-3,6-8,12,14H,4-5,9-11H2. The molecule has 0 aliphatic carbocycles. The lowest BCUT2D eigenvalue weighted by Gasteiger charge is -2.32. The Labute approximate surface area is 118 Å². The highest BCUT2D eigenvalue weighted by Crippen LogP contribution is 2.21. The number of amides is 1. The second-order valence-electron chi connectivity index (χ2n) is 5.14.